The highest BCUT2D eigenvalue weighted by Crippen LogP contribution is 2.21. The summed E-state index contributed by atoms with van der Waals surface area (Å²) in [6.07, 6.45) is 6.64. The lowest BCUT2D eigenvalue weighted by molar-refractivity contribution is 0.591. The quantitative estimate of drug-likeness (QED) is 0.567. The summed E-state index contributed by atoms with van der Waals surface area (Å²) in [6.45, 7) is 18.7. The van der Waals surface area contributed by atoms with Crippen molar-refractivity contribution in [3.63, 3.8) is 0 Å². The molecule has 0 aliphatic heterocycles. The molecule has 0 amide bonds. The Morgan fingerprint density at radius 3 is 2.58 bits per heavy atom. The molecule has 24 heavy (non-hydrogen) atoms. The average Bonchev–Trinajstić information content (AvgIpc) is 2.52. The number of rotatable bonds is 9. The Kier molecular flexibility index (Phi) is 8.25. The molecule has 0 aliphatic rings. The fraction of sp³-hybridized carbons (Fsp3) is 0.409. The van der Waals surface area contributed by atoms with Gasteiger partial charge in [-0.15, -0.1) is 0 Å². The zero-order valence-corrected chi connectivity index (χ0v) is 15.9. The molecule has 0 aliphatic carbocycles. The van der Waals surface area contributed by atoms with Crippen molar-refractivity contribution in [2.75, 3.05) is 0 Å². The van der Waals surface area contributed by atoms with E-state index in [2.05, 4.69) is 69.4 Å². The normalized spacial score (nSPS) is 13.1. The second-order valence-electron chi connectivity index (χ2n) is 6.61. The van der Waals surface area contributed by atoms with E-state index in [1.807, 2.05) is 13.1 Å². The molecule has 2 heteroatoms. The summed E-state index contributed by atoms with van der Waals surface area (Å²) >= 11 is 0. The molecule has 1 unspecified atom stereocenters. The second-order valence-corrected chi connectivity index (χ2v) is 6.61. The maximum Gasteiger partial charge on any atom is 0.0270 e. The molecule has 130 valence electrons. The van der Waals surface area contributed by atoms with E-state index in [0.29, 0.717) is 6.04 Å². The fourth-order valence-corrected chi connectivity index (χ4v) is 2.78. The average molecular weight is 325 g/mol. The van der Waals surface area contributed by atoms with E-state index in [1.165, 1.54) is 22.3 Å². The molecule has 0 saturated carbocycles. The monoisotopic (exact) mass is 324 g/mol. The van der Waals surface area contributed by atoms with Gasteiger partial charge in [-0.05, 0) is 70.6 Å². The highest BCUT2D eigenvalue weighted by molar-refractivity contribution is 5.65. The van der Waals surface area contributed by atoms with Crippen LogP contribution in [0.2, 0.25) is 0 Å². The fourth-order valence-electron chi connectivity index (χ4n) is 2.78. The van der Waals surface area contributed by atoms with Gasteiger partial charge in [-0.2, -0.15) is 0 Å². The minimum Gasteiger partial charge on any atom is -0.386 e. The van der Waals surface area contributed by atoms with Crippen LogP contribution in [-0.4, -0.2) is 12.3 Å². The molecule has 1 rings (SSSR count). The lowest BCUT2D eigenvalue weighted by Gasteiger charge is -2.19. The van der Waals surface area contributed by atoms with Crippen LogP contribution in [0, 0.1) is 6.92 Å². The van der Waals surface area contributed by atoms with Gasteiger partial charge in [-0.25, -0.2) is 0 Å². The number of benzene rings is 1. The minimum atomic E-state index is 0.356. The van der Waals surface area contributed by atoms with Crippen molar-refractivity contribution in [1.29, 1.82) is 0 Å². The van der Waals surface area contributed by atoms with Crippen molar-refractivity contribution >= 4 is 11.8 Å². The Morgan fingerprint density at radius 2 is 1.96 bits per heavy atom. The highest BCUT2D eigenvalue weighted by atomic mass is 14.9. The number of nitrogens with one attached hydrogen (secondary N) is 1. The standard InChI is InChI=1S/C22H32N2/c1-8-23-15-17(4)12-13-18(5)24-19(6)14-21-10-9-11-22(16(2)3)20(21)7/h8-11,15,19,24H,2,5,12-14H2,1,3-4,6-7H3/b17-15+,23-8-. The predicted molar refractivity (Wildman–Crippen MR) is 108 cm³/mol. The maximum atomic E-state index is 4.17. The van der Waals surface area contributed by atoms with Crippen LogP contribution < -0.4 is 5.32 Å². The number of allylic oxidation sites excluding steroid dienone is 3. The van der Waals surface area contributed by atoms with E-state index in [1.54, 1.807) is 6.21 Å². The first-order chi connectivity index (χ1) is 11.3. The first-order valence-corrected chi connectivity index (χ1v) is 8.67. The first-order valence-electron chi connectivity index (χ1n) is 8.67. The van der Waals surface area contributed by atoms with E-state index in [9.17, 15) is 0 Å². The van der Waals surface area contributed by atoms with Crippen molar-refractivity contribution in [3.05, 3.63) is 65.5 Å². The lowest BCUT2D eigenvalue weighted by atomic mass is 9.94. The van der Waals surface area contributed by atoms with Crippen LogP contribution in [0.3, 0.4) is 0 Å². The molecule has 2 nitrogen and oxygen atoms in total. The highest BCUT2D eigenvalue weighted by Gasteiger charge is 2.09. The Hall–Kier alpha value is -2.09. The molecular formula is C22H32N2. The summed E-state index contributed by atoms with van der Waals surface area (Å²) < 4.78 is 0. The van der Waals surface area contributed by atoms with Crippen molar-refractivity contribution in [3.8, 4) is 0 Å². The van der Waals surface area contributed by atoms with Crippen LogP contribution >= 0.6 is 0 Å². The molecule has 1 atom stereocenters. The molecule has 0 heterocycles. The van der Waals surface area contributed by atoms with Gasteiger partial charge in [0.2, 0.25) is 0 Å². The summed E-state index contributed by atoms with van der Waals surface area (Å²) in [6, 6.07) is 6.83. The van der Waals surface area contributed by atoms with Gasteiger partial charge in [-0.3, -0.25) is 4.99 Å². The zero-order valence-electron chi connectivity index (χ0n) is 15.9. The van der Waals surface area contributed by atoms with E-state index >= 15 is 0 Å². The molecular weight excluding hydrogens is 292 g/mol. The third-order valence-corrected chi connectivity index (χ3v) is 4.15. The van der Waals surface area contributed by atoms with Gasteiger partial charge in [0.1, 0.15) is 0 Å². The molecule has 0 spiro atoms. The van der Waals surface area contributed by atoms with Crippen LogP contribution in [0.15, 0.2) is 53.8 Å². The number of aliphatic imine (C=N–C) groups is 1. The van der Waals surface area contributed by atoms with Gasteiger partial charge in [0.15, 0.2) is 0 Å². The van der Waals surface area contributed by atoms with Gasteiger partial charge < -0.3 is 5.32 Å². The molecule has 0 aromatic heterocycles. The summed E-state index contributed by atoms with van der Waals surface area (Å²) in [4.78, 5) is 4.15. The van der Waals surface area contributed by atoms with Crippen molar-refractivity contribution in [2.24, 2.45) is 4.99 Å². The van der Waals surface area contributed by atoms with E-state index < -0.39 is 0 Å². The smallest absolute Gasteiger partial charge is 0.0270 e. The Morgan fingerprint density at radius 1 is 1.25 bits per heavy atom. The van der Waals surface area contributed by atoms with Gasteiger partial charge in [0.05, 0.1) is 0 Å². The van der Waals surface area contributed by atoms with Gasteiger partial charge in [0, 0.05) is 24.2 Å². The molecule has 1 aromatic carbocycles. The number of hydrogen-bond acceptors (Lipinski definition) is 2. The lowest BCUT2D eigenvalue weighted by Crippen LogP contribution is -2.27. The second kappa shape index (κ2) is 9.92. The van der Waals surface area contributed by atoms with Crippen LogP contribution in [-0.2, 0) is 6.42 Å². The number of nitrogens with zero attached hydrogens (tertiary/aromatic N) is 1. The topological polar surface area (TPSA) is 24.4 Å². The Labute approximate surface area is 148 Å². The SMILES string of the molecule is C=C(CC/C(C)=C/N=C\C)NC(C)Cc1cccc(C(=C)C)c1C. The van der Waals surface area contributed by atoms with Crippen molar-refractivity contribution in [2.45, 2.75) is 59.9 Å². The van der Waals surface area contributed by atoms with Crippen LogP contribution in [0.5, 0.6) is 0 Å². The molecule has 0 bridgehead atoms. The number of hydrogen-bond donors (Lipinski definition) is 1. The van der Waals surface area contributed by atoms with Gasteiger partial charge in [0.25, 0.3) is 0 Å². The van der Waals surface area contributed by atoms with E-state index in [4.69, 9.17) is 0 Å². The van der Waals surface area contributed by atoms with E-state index in [0.717, 1.165) is 30.5 Å². The zero-order chi connectivity index (χ0) is 18.1. The first kappa shape index (κ1) is 20.0. The van der Waals surface area contributed by atoms with Crippen molar-refractivity contribution < 1.29 is 0 Å². The Bertz CT molecular complexity index is 635. The largest absolute Gasteiger partial charge is 0.386 e. The minimum absolute atomic E-state index is 0.356. The van der Waals surface area contributed by atoms with Crippen LogP contribution in [0.25, 0.3) is 5.57 Å². The summed E-state index contributed by atoms with van der Waals surface area (Å²) in [5, 5.41) is 3.53. The third-order valence-electron chi connectivity index (χ3n) is 4.15. The van der Waals surface area contributed by atoms with Crippen molar-refractivity contribution in [1.82, 2.24) is 5.32 Å². The van der Waals surface area contributed by atoms with Gasteiger partial charge in [-0.1, -0.05) is 42.5 Å². The molecule has 0 fully saturated rings. The summed E-state index contributed by atoms with van der Waals surface area (Å²) in [5.74, 6) is 0. The summed E-state index contributed by atoms with van der Waals surface area (Å²) in [5.41, 5.74) is 7.45. The third kappa shape index (κ3) is 6.57. The maximum absolute atomic E-state index is 4.17. The Balaban J connectivity index is 2.57. The molecule has 1 aromatic rings. The van der Waals surface area contributed by atoms with Crippen LogP contribution in [0.1, 0.15) is 57.2 Å². The van der Waals surface area contributed by atoms with E-state index in [-0.39, 0.29) is 0 Å². The van der Waals surface area contributed by atoms with Gasteiger partial charge >= 0.3 is 0 Å². The molecule has 0 saturated heterocycles. The molecule has 1 N–H and O–H groups in total. The summed E-state index contributed by atoms with van der Waals surface area (Å²) in [7, 11) is 0. The predicted octanol–water partition coefficient (Wildman–Crippen LogP) is 5.84. The molecule has 0 radical (unpaired) electrons. The van der Waals surface area contributed by atoms with Crippen LogP contribution in [0.4, 0.5) is 0 Å².